The predicted molar refractivity (Wildman–Crippen MR) is 91.0 cm³/mol. The molecule has 4 heterocycles. The first-order valence-corrected chi connectivity index (χ1v) is 8.41. The molecule has 0 saturated carbocycles. The predicted octanol–water partition coefficient (Wildman–Crippen LogP) is 3.06. The molecule has 0 bridgehead atoms. The lowest BCUT2D eigenvalue weighted by molar-refractivity contribution is -0.144. The number of imidazole rings is 1. The van der Waals surface area contributed by atoms with Crippen LogP contribution in [0.25, 0.3) is 16.7 Å². The van der Waals surface area contributed by atoms with Gasteiger partial charge in [0.2, 0.25) is 0 Å². The van der Waals surface area contributed by atoms with E-state index in [0.29, 0.717) is 11.8 Å². The van der Waals surface area contributed by atoms with Crippen LogP contribution in [0.4, 0.5) is 13.2 Å². The molecule has 2 N–H and O–H groups in total. The summed E-state index contributed by atoms with van der Waals surface area (Å²) in [6.45, 7) is 4.44. The number of nitrogens with one attached hydrogen (secondary N) is 2. The van der Waals surface area contributed by atoms with Crippen molar-refractivity contribution in [1.82, 2.24) is 24.7 Å². The van der Waals surface area contributed by atoms with Crippen LogP contribution in [0.15, 0.2) is 24.7 Å². The molecular weight excluding hydrogens is 347 g/mol. The van der Waals surface area contributed by atoms with E-state index in [2.05, 4.69) is 37.7 Å². The number of aromatic amines is 1. The first-order chi connectivity index (χ1) is 12.4. The second-order valence-electron chi connectivity index (χ2n) is 6.41. The summed E-state index contributed by atoms with van der Waals surface area (Å²) in [5.41, 5.74) is 3.10. The normalized spacial score (nSPS) is 20.8. The van der Waals surface area contributed by atoms with Crippen molar-refractivity contribution >= 4 is 23.0 Å². The Morgan fingerprint density at radius 1 is 1.35 bits per heavy atom. The molecule has 1 fully saturated rings. The number of carbonyl (C=O) groups excluding carboxylic acids is 1. The molecule has 3 aromatic rings. The largest absolute Gasteiger partial charge is 0.395 e. The summed E-state index contributed by atoms with van der Waals surface area (Å²) in [5, 5.41) is 3.48. The van der Waals surface area contributed by atoms with Crippen LogP contribution in [0, 0.1) is 5.92 Å². The van der Waals surface area contributed by atoms with E-state index in [1.165, 1.54) is 6.42 Å². The lowest BCUT2D eigenvalue weighted by Gasteiger charge is -2.28. The topological polar surface area (TPSA) is 75.1 Å². The number of aldehydes is 1. The fourth-order valence-electron chi connectivity index (χ4n) is 3.19. The van der Waals surface area contributed by atoms with Gasteiger partial charge in [-0.05, 0) is 24.9 Å². The summed E-state index contributed by atoms with van der Waals surface area (Å²) in [4.78, 5) is 21.4. The molecule has 0 radical (unpaired) electrons. The summed E-state index contributed by atoms with van der Waals surface area (Å²) in [7, 11) is 0. The highest BCUT2D eigenvalue weighted by atomic mass is 19.4. The van der Waals surface area contributed by atoms with E-state index in [-0.39, 0.29) is 6.29 Å². The Morgan fingerprint density at radius 2 is 2.12 bits per heavy atom. The fraction of sp³-hybridized carbons (Fsp3) is 0.471. The number of carbonyl (C=O) groups is 1. The summed E-state index contributed by atoms with van der Waals surface area (Å²) in [5.74, 6) is 2.28. The molecule has 1 saturated heterocycles. The van der Waals surface area contributed by atoms with E-state index in [0.717, 1.165) is 35.6 Å². The summed E-state index contributed by atoms with van der Waals surface area (Å²) in [6.07, 6.45) is 1.13. The Kier molecular flexibility index (Phi) is 5.26. The lowest BCUT2D eigenvalue weighted by Crippen LogP contribution is -2.34. The molecule has 9 heteroatoms. The number of halogens is 3. The molecule has 0 aromatic carbocycles. The van der Waals surface area contributed by atoms with Gasteiger partial charge in [-0.3, -0.25) is 4.40 Å². The minimum absolute atomic E-state index is 0.167. The van der Waals surface area contributed by atoms with Crippen LogP contribution in [0.2, 0.25) is 0 Å². The number of rotatable bonds is 2. The average Bonchev–Trinajstić information content (AvgIpc) is 3.20. The Bertz CT molecular complexity index is 885. The molecule has 0 spiro atoms. The van der Waals surface area contributed by atoms with E-state index >= 15 is 0 Å². The second kappa shape index (κ2) is 7.45. The fourth-order valence-corrected chi connectivity index (χ4v) is 3.19. The molecule has 1 aliphatic rings. The smallest absolute Gasteiger partial charge is 0.345 e. The number of H-pyrrole nitrogens is 1. The van der Waals surface area contributed by atoms with Crippen molar-refractivity contribution in [1.29, 1.82) is 0 Å². The maximum atomic E-state index is 10.8. The Labute approximate surface area is 147 Å². The third-order valence-electron chi connectivity index (χ3n) is 4.56. The van der Waals surface area contributed by atoms with Crippen LogP contribution < -0.4 is 5.32 Å². The van der Waals surface area contributed by atoms with Crippen molar-refractivity contribution in [3.8, 4) is 0 Å². The van der Waals surface area contributed by atoms with Crippen molar-refractivity contribution in [3.63, 3.8) is 0 Å². The van der Waals surface area contributed by atoms with Gasteiger partial charge in [-0.25, -0.2) is 9.97 Å². The van der Waals surface area contributed by atoms with E-state index in [1.54, 1.807) is 0 Å². The SMILES string of the molecule is C[C@@H]1CCNC[C@@H]1c1ncc2cnc3[nH]ccc3n12.O=CCC(F)(F)F. The number of nitrogens with zero attached hydrogens (tertiary/aromatic N) is 3. The standard InChI is InChI=1S/C14H17N5.C3H3F3O/c1-9-2-4-15-8-11(9)14-18-7-10-6-17-13-12(19(10)14)3-5-16-13;4-3(5,6)1-2-7/h3,5-7,9,11,15-16H,2,4,8H2,1H3;2H,1H2/t9-,11+;/m1./s1. The van der Waals surface area contributed by atoms with E-state index in [4.69, 9.17) is 4.79 Å². The molecule has 0 aliphatic carbocycles. The number of fused-ring (bicyclic) bond motifs is 3. The molecule has 2 atom stereocenters. The zero-order valence-corrected chi connectivity index (χ0v) is 14.3. The molecule has 26 heavy (non-hydrogen) atoms. The summed E-state index contributed by atoms with van der Waals surface area (Å²) in [6, 6.07) is 2.07. The zero-order valence-electron chi connectivity index (χ0n) is 14.3. The molecule has 6 nitrogen and oxygen atoms in total. The van der Waals surface area contributed by atoms with Gasteiger partial charge in [0.1, 0.15) is 12.1 Å². The molecule has 140 valence electrons. The van der Waals surface area contributed by atoms with Crippen LogP contribution in [0.3, 0.4) is 0 Å². The Balaban J connectivity index is 0.000000242. The summed E-state index contributed by atoms with van der Waals surface area (Å²) >= 11 is 0. The van der Waals surface area contributed by atoms with Crippen molar-refractivity contribution in [3.05, 3.63) is 30.5 Å². The molecule has 4 rings (SSSR count). The van der Waals surface area contributed by atoms with Crippen molar-refractivity contribution < 1.29 is 18.0 Å². The van der Waals surface area contributed by atoms with Gasteiger partial charge in [0.25, 0.3) is 0 Å². The van der Waals surface area contributed by atoms with Crippen LogP contribution in [0.1, 0.15) is 31.5 Å². The molecular formula is C17H20F3N5O. The minimum Gasteiger partial charge on any atom is -0.345 e. The maximum Gasteiger partial charge on any atom is 0.395 e. The highest BCUT2D eigenvalue weighted by molar-refractivity contribution is 5.75. The molecule has 0 unspecified atom stereocenters. The Hall–Kier alpha value is -2.42. The van der Waals surface area contributed by atoms with Gasteiger partial charge in [-0.15, -0.1) is 0 Å². The van der Waals surface area contributed by atoms with E-state index < -0.39 is 12.6 Å². The van der Waals surface area contributed by atoms with Crippen LogP contribution in [0.5, 0.6) is 0 Å². The van der Waals surface area contributed by atoms with Crippen molar-refractivity contribution in [2.45, 2.75) is 31.9 Å². The van der Waals surface area contributed by atoms with Gasteiger partial charge in [-0.2, -0.15) is 13.2 Å². The molecule has 1 aliphatic heterocycles. The van der Waals surface area contributed by atoms with Gasteiger partial charge < -0.3 is 15.1 Å². The quantitative estimate of drug-likeness (QED) is 0.683. The van der Waals surface area contributed by atoms with Gasteiger partial charge >= 0.3 is 6.18 Å². The maximum absolute atomic E-state index is 10.8. The minimum atomic E-state index is -4.32. The first-order valence-electron chi connectivity index (χ1n) is 8.41. The van der Waals surface area contributed by atoms with Crippen molar-refractivity contribution in [2.75, 3.05) is 13.1 Å². The van der Waals surface area contributed by atoms with Gasteiger partial charge in [0.05, 0.1) is 29.8 Å². The van der Waals surface area contributed by atoms with E-state index in [9.17, 15) is 13.2 Å². The number of piperidine rings is 1. The number of hydrogen-bond acceptors (Lipinski definition) is 4. The van der Waals surface area contributed by atoms with Crippen LogP contribution in [-0.2, 0) is 4.79 Å². The van der Waals surface area contributed by atoms with Gasteiger partial charge in [0.15, 0.2) is 5.65 Å². The summed E-state index contributed by atoms with van der Waals surface area (Å²) < 4.78 is 34.7. The van der Waals surface area contributed by atoms with Gasteiger partial charge in [-0.1, -0.05) is 6.92 Å². The number of aromatic nitrogens is 4. The third-order valence-corrected chi connectivity index (χ3v) is 4.56. The van der Waals surface area contributed by atoms with Crippen LogP contribution in [-0.4, -0.2) is 44.9 Å². The highest BCUT2D eigenvalue weighted by Gasteiger charge is 2.27. The van der Waals surface area contributed by atoms with Gasteiger partial charge in [0, 0.05) is 18.7 Å². The first kappa shape index (κ1) is 18.4. The highest BCUT2D eigenvalue weighted by Crippen LogP contribution is 2.29. The number of alkyl halides is 3. The second-order valence-corrected chi connectivity index (χ2v) is 6.41. The van der Waals surface area contributed by atoms with Crippen molar-refractivity contribution in [2.24, 2.45) is 5.92 Å². The average molecular weight is 367 g/mol. The molecule has 3 aromatic heterocycles. The third kappa shape index (κ3) is 3.87. The monoisotopic (exact) mass is 367 g/mol. The zero-order chi connectivity index (χ0) is 18.7. The van der Waals surface area contributed by atoms with Crippen LogP contribution >= 0.6 is 0 Å². The number of hydrogen-bond donors (Lipinski definition) is 2. The van der Waals surface area contributed by atoms with E-state index in [1.807, 2.05) is 18.6 Å². The molecule has 0 amide bonds. The lowest BCUT2D eigenvalue weighted by atomic mass is 9.87. The Morgan fingerprint density at radius 3 is 2.77 bits per heavy atom.